The average molecular weight is 385 g/mol. The standard InChI is InChI=1S/C17H15F4N3O3/c1-10(16(25)22-9-11-4-2-3-5-13(11)18)23-14-7-6-12(17(19,20)21)8-15(14)24(26)27/h2-8,10,23H,9H2,1H3,(H,22,25)/t10-/m0/s1. The van der Waals surface area contributed by atoms with Gasteiger partial charge in [-0.25, -0.2) is 4.39 Å². The quantitative estimate of drug-likeness (QED) is 0.449. The van der Waals surface area contributed by atoms with Crippen LogP contribution in [-0.4, -0.2) is 16.9 Å². The number of hydrogen-bond acceptors (Lipinski definition) is 4. The lowest BCUT2D eigenvalue weighted by atomic mass is 10.1. The smallest absolute Gasteiger partial charge is 0.368 e. The second-order valence-corrected chi connectivity index (χ2v) is 5.66. The van der Waals surface area contributed by atoms with Gasteiger partial charge in [0.05, 0.1) is 10.5 Å². The Balaban J connectivity index is 2.10. The van der Waals surface area contributed by atoms with Crippen LogP contribution in [0.15, 0.2) is 42.5 Å². The van der Waals surface area contributed by atoms with Crippen molar-refractivity contribution in [2.24, 2.45) is 0 Å². The molecule has 10 heteroatoms. The number of carbonyl (C=O) groups is 1. The highest BCUT2D eigenvalue weighted by Crippen LogP contribution is 2.35. The van der Waals surface area contributed by atoms with Gasteiger partial charge in [-0.05, 0) is 25.1 Å². The molecule has 0 saturated carbocycles. The number of nitrogens with one attached hydrogen (secondary N) is 2. The van der Waals surface area contributed by atoms with Crippen molar-refractivity contribution >= 4 is 17.3 Å². The van der Waals surface area contributed by atoms with Crippen molar-refractivity contribution < 1.29 is 27.3 Å². The van der Waals surface area contributed by atoms with E-state index >= 15 is 0 Å². The molecule has 0 heterocycles. The molecular formula is C17H15F4N3O3. The summed E-state index contributed by atoms with van der Waals surface area (Å²) in [5.41, 5.74) is -1.96. The molecule has 0 saturated heterocycles. The van der Waals surface area contributed by atoms with Gasteiger partial charge in [-0.2, -0.15) is 13.2 Å². The Hall–Kier alpha value is -3.17. The topological polar surface area (TPSA) is 84.3 Å². The monoisotopic (exact) mass is 385 g/mol. The number of benzene rings is 2. The van der Waals surface area contributed by atoms with Gasteiger partial charge in [0.1, 0.15) is 17.5 Å². The number of anilines is 1. The van der Waals surface area contributed by atoms with Crippen molar-refractivity contribution in [3.63, 3.8) is 0 Å². The number of hydrogen-bond donors (Lipinski definition) is 2. The fourth-order valence-corrected chi connectivity index (χ4v) is 2.26. The summed E-state index contributed by atoms with van der Waals surface area (Å²) in [5, 5.41) is 16.0. The number of rotatable bonds is 6. The van der Waals surface area contributed by atoms with E-state index in [1.165, 1.54) is 25.1 Å². The Bertz CT molecular complexity index is 856. The molecule has 6 nitrogen and oxygen atoms in total. The van der Waals surface area contributed by atoms with Crippen molar-refractivity contribution in [3.8, 4) is 0 Å². The Morgan fingerprint density at radius 3 is 2.48 bits per heavy atom. The first-order valence-electron chi connectivity index (χ1n) is 7.73. The van der Waals surface area contributed by atoms with E-state index in [1.807, 2.05) is 0 Å². The summed E-state index contributed by atoms with van der Waals surface area (Å²) in [4.78, 5) is 22.2. The van der Waals surface area contributed by atoms with E-state index in [9.17, 15) is 32.5 Å². The predicted octanol–water partition coefficient (Wildman–Crippen LogP) is 3.87. The number of nitrogens with zero attached hydrogens (tertiary/aromatic N) is 1. The molecule has 0 aliphatic carbocycles. The highest BCUT2D eigenvalue weighted by Gasteiger charge is 2.33. The first-order valence-corrected chi connectivity index (χ1v) is 7.73. The molecule has 0 aliphatic heterocycles. The summed E-state index contributed by atoms with van der Waals surface area (Å²) in [6.07, 6.45) is -4.73. The van der Waals surface area contributed by atoms with E-state index in [-0.39, 0.29) is 17.8 Å². The number of nitro groups is 1. The van der Waals surface area contributed by atoms with Gasteiger partial charge in [0.15, 0.2) is 0 Å². The van der Waals surface area contributed by atoms with Crippen molar-refractivity contribution in [1.29, 1.82) is 0 Å². The Morgan fingerprint density at radius 2 is 1.89 bits per heavy atom. The van der Waals surface area contributed by atoms with Crippen molar-refractivity contribution in [1.82, 2.24) is 5.32 Å². The van der Waals surface area contributed by atoms with Gasteiger partial charge < -0.3 is 10.6 Å². The fourth-order valence-electron chi connectivity index (χ4n) is 2.26. The van der Waals surface area contributed by atoms with E-state index in [1.54, 1.807) is 6.07 Å². The molecule has 2 aromatic carbocycles. The summed E-state index contributed by atoms with van der Waals surface area (Å²) in [6, 6.07) is 6.76. The van der Waals surface area contributed by atoms with Crippen molar-refractivity contribution in [2.75, 3.05) is 5.32 Å². The van der Waals surface area contributed by atoms with Crippen LogP contribution in [0.5, 0.6) is 0 Å². The molecule has 0 spiro atoms. The van der Waals surface area contributed by atoms with Gasteiger partial charge in [0, 0.05) is 18.2 Å². The lowest BCUT2D eigenvalue weighted by Gasteiger charge is -2.16. The molecule has 0 bridgehead atoms. The largest absolute Gasteiger partial charge is 0.416 e. The minimum absolute atomic E-state index is 0.105. The van der Waals surface area contributed by atoms with Crippen LogP contribution in [0.2, 0.25) is 0 Å². The molecule has 1 atom stereocenters. The lowest BCUT2D eigenvalue weighted by molar-refractivity contribution is -0.384. The molecule has 27 heavy (non-hydrogen) atoms. The molecule has 1 amide bonds. The fraction of sp³-hybridized carbons (Fsp3) is 0.235. The van der Waals surface area contributed by atoms with Crippen molar-refractivity contribution in [2.45, 2.75) is 25.7 Å². The number of halogens is 4. The average Bonchev–Trinajstić information content (AvgIpc) is 2.59. The third-order valence-corrected chi connectivity index (χ3v) is 3.70. The van der Waals surface area contributed by atoms with Gasteiger partial charge in [0.2, 0.25) is 5.91 Å². The van der Waals surface area contributed by atoms with E-state index in [0.29, 0.717) is 12.1 Å². The molecule has 0 unspecified atom stereocenters. The minimum Gasteiger partial charge on any atom is -0.368 e. The zero-order chi connectivity index (χ0) is 20.2. The molecule has 0 aromatic heterocycles. The zero-order valence-electron chi connectivity index (χ0n) is 14.0. The van der Waals surface area contributed by atoms with Gasteiger partial charge in [0.25, 0.3) is 5.69 Å². The Labute approximate surface area is 151 Å². The minimum atomic E-state index is -4.73. The molecular weight excluding hydrogens is 370 g/mol. The highest BCUT2D eigenvalue weighted by molar-refractivity contribution is 5.85. The lowest BCUT2D eigenvalue weighted by Crippen LogP contribution is -2.37. The van der Waals surface area contributed by atoms with E-state index in [4.69, 9.17) is 0 Å². The molecule has 0 radical (unpaired) electrons. The molecule has 0 fully saturated rings. The van der Waals surface area contributed by atoms with Crippen molar-refractivity contribution in [3.05, 3.63) is 69.5 Å². The first-order chi connectivity index (χ1) is 12.6. The molecule has 2 N–H and O–H groups in total. The van der Waals surface area contributed by atoms with Crippen LogP contribution in [0.4, 0.5) is 28.9 Å². The first kappa shape index (κ1) is 20.1. The van der Waals surface area contributed by atoms with Crippen LogP contribution >= 0.6 is 0 Å². The van der Waals surface area contributed by atoms with Gasteiger partial charge in [-0.1, -0.05) is 18.2 Å². The summed E-state index contributed by atoms with van der Waals surface area (Å²) < 4.78 is 51.7. The maximum Gasteiger partial charge on any atom is 0.416 e. The van der Waals surface area contributed by atoms with Gasteiger partial charge >= 0.3 is 6.18 Å². The van der Waals surface area contributed by atoms with Gasteiger partial charge in [-0.3, -0.25) is 14.9 Å². The number of carbonyl (C=O) groups excluding carboxylic acids is 1. The summed E-state index contributed by atoms with van der Waals surface area (Å²) in [7, 11) is 0. The second kappa shape index (κ2) is 8.02. The van der Waals surface area contributed by atoms with Gasteiger partial charge in [-0.15, -0.1) is 0 Å². The van der Waals surface area contributed by atoms with Crippen LogP contribution in [0.25, 0.3) is 0 Å². The van der Waals surface area contributed by atoms with Crippen LogP contribution in [0.1, 0.15) is 18.1 Å². The summed E-state index contributed by atoms with van der Waals surface area (Å²) in [5.74, 6) is -1.11. The molecule has 2 rings (SSSR count). The third-order valence-electron chi connectivity index (χ3n) is 3.70. The van der Waals surface area contributed by atoms with E-state index in [2.05, 4.69) is 10.6 Å². The molecule has 0 aliphatic rings. The Morgan fingerprint density at radius 1 is 1.22 bits per heavy atom. The van der Waals surface area contributed by atoms with Crippen LogP contribution in [0, 0.1) is 15.9 Å². The van der Waals surface area contributed by atoms with Crippen LogP contribution in [-0.2, 0) is 17.5 Å². The summed E-state index contributed by atoms with van der Waals surface area (Å²) >= 11 is 0. The normalized spacial score (nSPS) is 12.3. The maximum atomic E-state index is 13.5. The molecule has 2 aromatic rings. The van der Waals surface area contributed by atoms with Crippen LogP contribution < -0.4 is 10.6 Å². The Kier molecular flexibility index (Phi) is 5.98. The molecule has 144 valence electrons. The SMILES string of the molecule is C[C@H](Nc1ccc(C(F)(F)F)cc1[N+](=O)[O-])C(=O)NCc1ccccc1F. The highest BCUT2D eigenvalue weighted by atomic mass is 19.4. The van der Waals surface area contributed by atoms with E-state index in [0.717, 1.165) is 6.07 Å². The number of amides is 1. The predicted molar refractivity (Wildman–Crippen MR) is 89.4 cm³/mol. The maximum absolute atomic E-state index is 13.5. The number of alkyl halides is 3. The number of nitro benzene ring substituents is 1. The van der Waals surface area contributed by atoms with E-state index < -0.39 is 40.1 Å². The van der Waals surface area contributed by atoms with Crippen LogP contribution in [0.3, 0.4) is 0 Å². The summed E-state index contributed by atoms with van der Waals surface area (Å²) in [6.45, 7) is 1.27. The second-order valence-electron chi connectivity index (χ2n) is 5.66. The zero-order valence-corrected chi connectivity index (χ0v) is 14.0. The third kappa shape index (κ3) is 5.16.